The standard InChI is InChI=1S/C19H14FN3O5/c20-16-5-1-2-6-17(16)21-18(24)15-4-3-11-22(19(15)25)28-12-13-7-9-14(10-8-13)23(26)27/h1-11H,12H2,(H,21,24). The zero-order valence-electron chi connectivity index (χ0n) is 14.4. The van der Waals surface area contributed by atoms with E-state index in [0.29, 0.717) is 5.56 Å². The second kappa shape index (κ2) is 8.12. The van der Waals surface area contributed by atoms with E-state index in [9.17, 15) is 24.1 Å². The average Bonchev–Trinajstić information content (AvgIpc) is 2.69. The minimum absolute atomic E-state index is 0.0454. The Morgan fingerprint density at radius 2 is 1.82 bits per heavy atom. The molecule has 0 fully saturated rings. The van der Waals surface area contributed by atoms with E-state index in [1.165, 1.54) is 60.8 Å². The lowest BCUT2D eigenvalue weighted by Crippen LogP contribution is -2.32. The van der Waals surface area contributed by atoms with Crippen LogP contribution in [-0.2, 0) is 6.61 Å². The van der Waals surface area contributed by atoms with E-state index in [-0.39, 0.29) is 23.5 Å². The molecule has 142 valence electrons. The molecule has 0 radical (unpaired) electrons. The number of benzene rings is 2. The van der Waals surface area contributed by atoms with Crippen LogP contribution in [0.2, 0.25) is 0 Å². The number of carbonyl (C=O) groups is 1. The van der Waals surface area contributed by atoms with Crippen molar-refractivity contribution in [2.24, 2.45) is 0 Å². The first kappa shape index (κ1) is 18.8. The van der Waals surface area contributed by atoms with Gasteiger partial charge in [0.05, 0.1) is 10.6 Å². The number of halogens is 1. The summed E-state index contributed by atoms with van der Waals surface area (Å²) >= 11 is 0. The summed E-state index contributed by atoms with van der Waals surface area (Å²) in [7, 11) is 0. The third-order valence-corrected chi connectivity index (χ3v) is 3.80. The van der Waals surface area contributed by atoms with Gasteiger partial charge < -0.3 is 10.2 Å². The van der Waals surface area contributed by atoms with Gasteiger partial charge in [-0.05, 0) is 42.0 Å². The maximum absolute atomic E-state index is 13.7. The predicted octanol–water partition coefficient (Wildman–Crippen LogP) is 2.78. The number of carbonyl (C=O) groups excluding carboxylic acids is 1. The number of nitro groups is 1. The van der Waals surface area contributed by atoms with Crippen molar-refractivity contribution < 1.29 is 18.9 Å². The van der Waals surface area contributed by atoms with Gasteiger partial charge >= 0.3 is 0 Å². The molecule has 28 heavy (non-hydrogen) atoms. The summed E-state index contributed by atoms with van der Waals surface area (Å²) in [5, 5.41) is 13.0. The molecule has 0 aliphatic rings. The van der Waals surface area contributed by atoms with Crippen LogP contribution in [0.25, 0.3) is 0 Å². The van der Waals surface area contributed by atoms with Gasteiger partial charge in [0, 0.05) is 18.3 Å². The molecule has 9 heteroatoms. The van der Waals surface area contributed by atoms with E-state index in [0.717, 1.165) is 4.73 Å². The van der Waals surface area contributed by atoms with E-state index < -0.39 is 22.2 Å². The molecular formula is C19H14FN3O5. The van der Waals surface area contributed by atoms with Crippen LogP contribution in [0.1, 0.15) is 15.9 Å². The van der Waals surface area contributed by atoms with E-state index in [4.69, 9.17) is 4.84 Å². The van der Waals surface area contributed by atoms with Gasteiger partial charge in [0.25, 0.3) is 17.2 Å². The van der Waals surface area contributed by atoms with Gasteiger partial charge in [0.2, 0.25) is 0 Å². The van der Waals surface area contributed by atoms with Gasteiger partial charge in [-0.25, -0.2) is 4.39 Å². The van der Waals surface area contributed by atoms with Crippen LogP contribution in [0.3, 0.4) is 0 Å². The summed E-state index contributed by atoms with van der Waals surface area (Å²) in [5.41, 5.74) is -0.465. The highest BCUT2D eigenvalue weighted by Gasteiger charge is 2.14. The van der Waals surface area contributed by atoms with Crippen LogP contribution in [0.5, 0.6) is 0 Å². The summed E-state index contributed by atoms with van der Waals surface area (Å²) in [5.74, 6) is -1.40. The van der Waals surface area contributed by atoms with Gasteiger partial charge in [-0.3, -0.25) is 19.7 Å². The molecule has 3 rings (SSSR count). The zero-order valence-corrected chi connectivity index (χ0v) is 14.4. The molecule has 0 saturated heterocycles. The molecule has 1 N–H and O–H groups in total. The van der Waals surface area contributed by atoms with Crippen molar-refractivity contribution in [3.8, 4) is 0 Å². The lowest BCUT2D eigenvalue weighted by atomic mass is 10.2. The Morgan fingerprint density at radius 1 is 1.11 bits per heavy atom. The number of aromatic nitrogens is 1. The number of para-hydroxylation sites is 1. The molecule has 0 atom stereocenters. The van der Waals surface area contributed by atoms with Gasteiger partial charge in [-0.2, -0.15) is 4.73 Å². The Morgan fingerprint density at radius 3 is 2.50 bits per heavy atom. The minimum Gasteiger partial charge on any atom is -0.406 e. The largest absolute Gasteiger partial charge is 0.406 e. The monoisotopic (exact) mass is 383 g/mol. The SMILES string of the molecule is O=C(Nc1ccccc1F)c1cccn(OCc2ccc([N+](=O)[O-])cc2)c1=O. The molecule has 3 aromatic rings. The fraction of sp³-hybridized carbons (Fsp3) is 0.0526. The highest BCUT2D eigenvalue weighted by Crippen LogP contribution is 2.13. The molecule has 1 heterocycles. The van der Waals surface area contributed by atoms with E-state index in [2.05, 4.69) is 5.32 Å². The second-order valence-corrected chi connectivity index (χ2v) is 5.68. The summed E-state index contributed by atoms with van der Waals surface area (Å²) in [6.45, 7) is -0.0454. The van der Waals surface area contributed by atoms with Crippen LogP contribution in [0.15, 0.2) is 71.7 Å². The van der Waals surface area contributed by atoms with Gasteiger partial charge in [0.1, 0.15) is 18.0 Å². The number of amides is 1. The number of anilines is 1. The van der Waals surface area contributed by atoms with Crippen LogP contribution in [-0.4, -0.2) is 15.6 Å². The van der Waals surface area contributed by atoms with Crippen LogP contribution < -0.4 is 15.7 Å². The Hall–Kier alpha value is -4.01. The van der Waals surface area contributed by atoms with Crippen LogP contribution >= 0.6 is 0 Å². The molecule has 0 unspecified atom stereocenters. The highest BCUT2D eigenvalue weighted by molar-refractivity contribution is 6.04. The second-order valence-electron chi connectivity index (χ2n) is 5.68. The Labute approximate surface area is 157 Å². The maximum atomic E-state index is 13.7. The van der Waals surface area contributed by atoms with E-state index in [1.54, 1.807) is 6.07 Å². The van der Waals surface area contributed by atoms with Gasteiger partial charge in [0.15, 0.2) is 0 Å². The molecule has 1 aromatic heterocycles. The number of nitro benzene ring substituents is 1. The third-order valence-electron chi connectivity index (χ3n) is 3.80. The number of pyridine rings is 1. The summed E-state index contributed by atoms with van der Waals surface area (Å²) < 4.78 is 14.5. The molecular weight excluding hydrogens is 369 g/mol. The van der Waals surface area contributed by atoms with E-state index >= 15 is 0 Å². The Kier molecular flexibility index (Phi) is 5.45. The lowest BCUT2D eigenvalue weighted by Gasteiger charge is -2.10. The van der Waals surface area contributed by atoms with Crippen molar-refractivity contribution in [1.82, 2.24) is 4.73 Å². The minimum atomic E-state index is -0.775. The number of nitrogens with zero attached hydrogens (tertiary/aromatic N) is 2. The van der Waals surface area contributed by atoms with Gasteiger partial charge in [-0.15, -0.1) is 0 Å². The predicted molar refractivity (Wildman–Crippen MR) is 98.4 cm³/mol. The quantitative estimate of drug-likeness (QED) is 0.521. The number of nitrogens with one attached hydrogen (secondary N) is 1. The smallest absolute Gasteiger partial charge is 0.295 e. The normalized spacial score (nSPS) is 10.3. The van der Waals surface area contributed by atoms with Crippen molar-refractivity contribution in [1.29, 1.82) is 0 Å². The van der Waals surface area contributed by atoms with Crippen molar-refractivity contribution >= 4 is 17.3 Å². The molecule has 1 amide bonds. The molecule has 0 spiro atoms. The van der Waals surface area contributed by atoms with Crippen molar-refractivity contribution in [2.45, 2.75) is 6.61 Å². The van der Waals surface area contributed by atoms with E-state index in [1.807, 2.05) is 0 Å². The fourth-order valence-corrected chi connectivity index (χ4v) is 2.36. The molecule has 0 bridgehead atoms. The number of rotatable bonds is 6. The first-order valence-electron chi connectivity index (χ1n) is 8.10. The Balaban J connectivity index is 1.73. The highest BCUT2D eigenvalue weighted by atomic mass is 19.1. The summed E-state index contributed by atoms with van der Waals surface area (Å²) in [6, 6.07) is 14.0. The Bertz CT molecular complexity index is 1080. The molecule has 0 saturated carbocycles. The van der Waals surface area contributed by atoms with Crippen molar-refractivity contribution in [3.63, 3.8) is 0 Å². The number of non-ortho nitro benzene ring substituents is 1. The molecule has 0 aliphatic heterocycles. The van der Waals surface area contributed by atoms with Gasteiger partial charge in [-0.1, -0.05) is 12.1 Å². The fourth-order valence-electron chi connectivity index (χ4n) is 2.36. The zero-order chi connectivity index (χ0) is 20.1. The number of hydrogen-bond acceptors (Lipinski definition) is 5. The first-order chi connectivity index (χ1) is 13.5. The van der Waals surface area contributed by atoms with Crippen molar-refractivity contribution in [2.75, 3.05) is 5.32 Å². The van der Waals surface area contributed by atoms with Crippen LogP contribution in [0.4, 0.5) is 15.8 Å². The average molecular weight is 383 g/mol. The molecule has 8 nitrogen and oxygen atoms in total. The summed E-state index contributed by atoms with van der Waals surface area (Å²) in [4.78, 5) is 40.3. The van der Waals surface area contributed by atoms with Crippen molar-refractivity contribution in [3.05, 3.63) is 104 Å². The van der Waals surface area contributed by atoms with Crippen LogP contribution in [0, 0.1) is 15.9 Å². The summed E-state index contributed by atoms with van der Waals surface area (Å²) in [6.07, 6.45) is 1.33. The topological polar surface area (TPSA) is 103 Å². The third kappa shape index (κ3) is 4.21. The first-order valence-corrected chi connectivity index (χ1v) is 8.10. The number of hydrogen-bond donors (Lipinski definition) is 1. The molecule has 2 aromatic carbocycles. The molecule has 0 aliphatic carbocycles. The lowest BCUT2D eigenvalue weighted by molar-refractivity contribution is -0.384. The maximum Gasteiger partial charge on any atom is 0.295 e.